The minimum absolute atomic E-state index is 0.313. The molecule has 0 aliphatic carbocycles. The van der Waals surface area contributed by atoms with Gasteiger partial charge < -0.3 is 4.42 Å². The molecule has 2 heterocycles. The molecule has 3 unspecified atom stereocenters. The first-order chi connectivity index (χ1) is 9.42. The van der Waals surface area contributed by atoms with Gasteiger partial charge in [0.1, 0.15) is 5.76 Å². The van der Waals surface area contributed by atoms with Crippen molar-refractivity contribution in [1.29, 1.82) is 0 Å². The molecule has 0 bridgehead atoms. The van der Waals surface area contributed by atoms with Crippen molar-refractivity contribution in [3.63, 3.8) is 0 Å². The van der Waals surface area contributed by atoms with E-state index in [1.807, 2.05) is 13.0 Å². The number of carbonyl (C=O) groups is 1. The SMILES string of the molecule is Cc1cc(CN2CC(C)CC(C)C2C)oc1C(=O)NN. The Labute approximate surface area is 120 Å². The number of nitrogen functional groups attached to an aromatic ring is 1. The van der Waals surface area contributed by atoms with E-state index in [2.05, 4.69) is 31.1 Å². The number of likely N-dealkylation sites (tertiary alicyclic amines) is 1. The van der Waals surface area contributed by atoms with Gasteiger partial charge in [0.15, 0.2) is 5.76 Å². The molecule has 1 fully saturated rings. The summed E-state index contributed by atoms with van der Waals surface area (Å²) in [5, 5.41) is 0. The van der Waals surface area contributed by atoms with Gasteiger partial charge in [-0.15, -0.1) is 0 Å². The van der Waals surface area contributed by atoms with Crippen LogP contribution >= 0.6 is 0 Å². The maximum Gasteiger partial charge on any atom is 0.301 e. The average Bonchev–Trinajstić information content (AvgIpc) is 2.75. The van der Waals surface area contributed by atoms with Gasteiger partial charge in [-0.2, -0.15) is 0 Å². The number of hydrazine groups is 1. The van der Waals surface area contributed by atoms with Gasteiger partial charge in [0.2, 0.25) is 0 Å². The third-order valence-electron chi connectivity index (χ3n) is 4.38. The van der Waals surface area contributed by atoms with Crippen LogP contribution in [0.5, 0.6) is 0 Å². The Balaban J connectivity index is 2.11. The number of nitrogens with zero attached hydrogens (tertiary/aromatic N) is 1. The maximum atomic E-state index is 11.6. The molecular formula is C15H25N3O2. The molecule has 2 rings (SSSR count). The molecule has 1 amide bonds. The minimum Gasteiger partial charge on any atom is -0.454 e. The highest BCUT2D eigenvalue weighted by atomic mass is 16.4. The van der Waals surface area contributed by atoms with Gasteiger partial charge in [0.05, 0.1) is 6.54 Å². The van der Waals surface area contributed by atoms with Crippen LogP contribution in [0.15, 0.2) is 10.5 Å². The molecule has 0 aromatic carbocycles. The van der Waals surface area contributed by atoms with Crippen molar-refractivity contribution >= 4 is 5.91 Å². The van der Waals surface area contributed by atoms with Crippen molar-refractivity contribution in [3.8, 4) is 0 Å². The molecule has 0 radical (unpaired) electrons. The fourth-order valence-corrected chi connectivity index (χ4v) is 3.16. The minimum atomic E-state index is -0.373. The topological polar surface area (TPSA) is 71.5 Å². The fraction of sp³-hybridized carbons (Fsp3) is 0.667. The van der Waals surface area contributed by atoms with Crippen molar-refractivity contribution < 1.29 is 9.21 Å². The van der Waals surface area contributed by atoms with Crippen LogP contribution in [0, 0.1) is 18.8 Å². The fourth-order valence-electron chi connectivity index (χ4n) is 3.16. The van der Waals surface area contributed by atoms with Gasteiger partial charge >= 0.3 is 5.91 Å². The summed E-state index contributed by atoms with van der Waals surface area (Å²) < 4.78 is 5.65. The largest absolute Gasteiger partial charge is 0.454 e. The lowest BCUT2D eigenvalue weighted by molar-refractivity contribution is 0.0659. The number of nitrogens with two attached hydrogens (primary N) is 1. The second-order valence-electron chi connectivity index (χ2n) is 6.19. The highest BCUT2D eigenvalue weighted by Crippen LogP contribution is 2.28. The number of hydrogen-bond acceptors (Lipinski definition) is 4. The van der Waals surface area contributed by atoms with Crippen molar-refractivity contribution in [3.05, 3.63) is 23.2 Å². The number of rotatable bonds is 3. The number of hydrogen-bond donors (Lipinski definition) is 2. The highest BCUT2D eigenvalue weighted by molar-refractivity contribution is 5.92. The van der Waals surface area contributed by atoms with Gasteiger partial charge in [-0.1, -0.05) is 13.8 Å². The van der Waals surface area contributed by atoms with E-state index in [1.54, 1.807) is 0 Å². The number of piperidine rings is 1. The van der Waals surface area contributed by atoms with Crippen LogP contribution in [0.2, 0.25) is 0 Å². The Morgan fingerprint density at radius 2 is 2.20 bits per heavy atom. The molecule has 1 saturated heterocycles. The monoisotopic (exact) mass is 279 g/mol. The maximum absolute atomic E-state index is 11.6. The van der Waals surface area contributed by atoms with Crippen LogP contribution in [0.3, 0.4) is 0 Å². The van der Waals surface area contributed by atoms with Crippen LogP contribution in [0.25, 0.3) is 0 Å². The highest BCUT2D eigenvalue weighted by Gasteiger charge is 2.29. The quantitative estimate of drug-likeness (QED) is 0.505. The van der Waals surface area contributed by atoms with Crippen LogP contribution in [0.1, 0.15) is 49.1 Å². The summed E-state index contributed by atoms with van der Waals surface area (Å²) in [5.74, 6) is 7.30. The zero-order chi connectivity index (χ0) is 14.9. The molecule has 1 aromatic rings. The molecule has 0 saturated carbocycles. The van der Waals surface area contributed by atoms with E-state index in [0.29, 0.717) is 23.6 Å². The smallest absolute Gasteiger partial charge is 0.301 e. The van der Waals surface area contributed by atoms with Crippen molar-refractivity contribution in [2.24, 2.45) is 17.7 Å². The molecule has 1 aromatic heterocycles. The van der Waals surface area contributed by atoms with E-state index in [-0.39, 0.29) is 5.91 Å². The van der Waals surface area contributed by atoms with Crippen LogP contribution in [-0.2, 0) is 6.54 Å². The predicted octanol–water partition coefficient (Wildman–Crippen LogP) is 2.06. The Morgan fingerprint density at radius 1 is 1.50 bits per heavy atom. The van der Waals surface area contributed by atoms with Gasteiger partial charge in [-0.3, -0.25) is 15.1 Å². The van der Waals surface area contributed by atoms with E-state index in [4.69, 9.17) is 10.3 Å². The third-order valence-corrected chi connectivity index (χ3v) is 4.38. The lowest BCUT2D eigenvalue weighted by atomic mass is 9.86. The summed E-state index contributed by atoms with van der Waals surface area (Å²) in [6.45, 7) is 10.5. The zero-order valence-electron chi connectivity index (χ0n) is 12.8. The molecule has 0 spiro atoms. The Bertz CT molecular complexity index is 483. The summed E-state index contributed by atoms with van der Waals surface area (Å²) in [6, 6.07) is 2.46. The number of amides is 1. The summed E-state index contributed by atoms with van der Waals surface area (Å²) in [7, 11) is 0. The molecule has 3 N–H and O–H groups in total. The number of nitrogens with one attached hydrogen (secondary N) is 1. The molecule has 5 heteroatoms. The second kappa shape index (κ2) is 5.97. The first-order valence-corrected chi connectivity index (χ1v) is 7.26. The van der Waals surface area contributed by atoms with Crippen LogP contribution < -0.4 is 11.3 Å². The van der Waals surface area contributed by atoms with Crippen molar-refractivity contribution in [2.75, 3.05) is 6.54 Å². The normalized spacial score (nSPS) is 27.6. The second-order valence-corrected chi connectivity index (χ2v) is 6.19. The van der Waals surface area contributed by atoms with E-state index < -0.39 is 0 Å². The molecule has 20 heavy (non-hydrogen) atoms. The van der Waals surface area contributed by atoms with E-state index >= 15 is 0 Å². The molecule has 112 valence electrons. The lowest BCUT2D eigenvalue weighted by Gasteiger charge is -2.40. The first-order valence-electron chi connectivity index (χ1n) is 7.26. The van der Waals surface area contributed by atoms with Gasteiger partial charge in [-0.25, -0.2) is 5.84 Å². The summed E-state index contributed by atoms with van der Waals surface area (Å²) >= 11 is 0. The molecule has 5 nitrogen and oxygen atoms in total. The van der Waals surface area contributed by atoms with Gasteiger partial charge in [-0.05, 0) is 38.2 Å². The Morgan fingerprint density at radius 3 is 2.85 bits per heavy atom. The summed E-state index contributed by atoms with van der Waals surface area (Å²) in [6.07, 6.45) is 1.27. The summed E-state index contributed by atoms with van der Waals surface area (Å²) in [4.78, 5) is 14.0. The van der Waals surface area contributed by atoms with Crippen molar-refractivity contribution in [1.82, 2.24) is 10.3 Å². The number of carbonyl (C=O) groups excluding carboxylic acids is 1. The molecule has 1 aliphatic heterocycles. The Hall–Kier alpha value is -1.33. The van der Waals surface area contributed by atoms with Gasteiger partial charge in [0.25, 0.3) is 0 Å². The van der Waals surface area contributed by atoms with E-state index in [0.717, 1.165) is 24.4 Å². The molecular weight excluding hydrogens is 254 g/mol. The first kappa shape index (κ1) is 15.1. The van der Waals surface area contributed by atoms with E-state index in [9.17, 15) is 4.79 Å². The zero-order valence-corrected chi connectivity index (χ0v) is 12.8. The average molecular weight is 279 g/mol. The van der Waals surface area contributed by atoms with Crippen LogP contribution in [0.4, 0.5) is 0 Å². The third kappa shape index (κ3) is 3.04. The number of aryl methyl sites for hydroxylation is 1. The lowest BCUT2D eigenvalue weighted by Crippen LogP contribution is -2.45. The predicted molar refractivity (Wildman–Crippen MR) is 77.9 cm³/mol. The van der Waals surface area contributed by atoms with Crippen LogP contribution in [-0.4, -0.2) is 23.4 Å². The van der Waals surface area contributed by atoms with Crippen molar-refractivity contribution in [2.45, 2.75) is 46.7 Å². The molecule has 1 aliphatic rings. The molecule has 3 atom stereocenters. The Kier molecular flexibility index (Phi) is 4.50. The number of furan rings is 1. The standard InChI is InChI=1S/C15H25N3O2/c1-9-5-10(2)12(4)18(7-9)8-13-6-11(3)14(20-13)15(19)17-16/h6,9-10,12H,5,7-8,16H2,1-4H3,(H,17,19). The van der Waals surface area contributed by atoms with Gasteiger partial charge in [0, 0.05) is 18.2 Å². The van der Waals surface area contributed by atoms with E-state index in [1.165, 1.54) is 6.42 Å². The summed E-state index contributed by atoms with van der Waals surface area (Å²) in [5.41, 5.74) is 2.94.